The zero-order valence-electron chi connectivity index (χ0n) is 38.7. The Morgan fingerprint density at radius 2 is 0.879 bits per heavy atom. The Morgan fingerprint density at radius 3 is 1.40 bits per heavy atom. The van der Waals surface area contributed by atoms with Crippen molar-refractivity contribution in [2.75, 3.05) is 0 Å². The van der Waals surface area contributed by atoms with Crippen molar-refractivity contribution in [1.29, 1.82) is 0 Å². The molecule has 0 bridgehead atoms. The molecule has 2 aromatic rings. The number of hydrogen-bond donors (Lipinski definition) is 0. The molecule has 3 heteroatoms. The van der Waals surface area contributed by atoms with E-state index in [1.54, 1.807) is 0 Å². The topological polar surface area (TPSA) is 24.7 Å². The van der Waals surface area contributed by atoms with Crippen molar-refractivity contribution in [3.8, 4) is 0 Å². The van der Waals surface area contributed by atoms with Crippen LogP contribution in [0.2, 0.25) is 0 Å². The van der Waals surface area contributed by atoms with Crippen molar-refractivity contribution in [1.82, 2.24) is 0 Å². The van der Waals surface area contributed by atoms with Crippen molar-refractivity contribution in [3.05, 3.63) is 71.3 Å². The Bertz CT molecular complexity index is 1260. The fourth-order valence-corrected chi connectivity index (χ4v) is 8.11. The van der Waals surface area contributed by atoms with Crippen molar-refractivity contribution in [2.45, 2.75) is 252 Å². The average Bonchev–Trinajstić information content (AvgIpc) is 3.22. The van der Waals surface area contributed by atoms with E-state index in [9.17, 15) is 0 Å². The number of hydrogen-bond acceptors (Lipinski definition) is 2. The van der Waals surface area contributed by atoms with Gasteiger partial charge in [-0.1, -0.05) is 225 Å². The smallest absolute Gasteiger partial charge is 0.0662 e. The van der Waals surface area contributed by atoms with Gasteiger partial charge in [0.15, 0.2) is 0 Å². The number of benzene rings is 2. The Balaban J connectivity index is 0.0000168. The van der Waals surface area contributed by atoms with Crippen LogP contribution in [0.3, 0.4) is 0 Å². The van der Waals surface area contributed by atoms with Crippen molar-refractivity contribution in [3.63, 3.8) is 0 Å². The van der Waals surface area contributed by atoms with E-state index in [-0.39, 0.29) is 16.5 Å². The van der Waals surface area contributed by atoms with Gasteiger partial charge in [-0.25, -0.2) is 0 Å². The number of para-hydroxylation sites is 1. The second kappa shape index (κ2) is 40.4. The van der Waals surface area contributed by atoms with Crippen LogP contribution in [-0.4, -0.2) is 11.9 Å². The Morgan fingerprint density at radius 1 is 0.448 bits per heavy atom. The summed E-state index contributed by atoms with van der Waals surface area (Å²) in [6.07, 6.45) is 53.6. The molecule has 0 atom stereocenters. The van der Waals surface area contributed by atoms with Crippen molar-refractivity contribution >= 4 is 23.3 Å². The molecule has 0 spiro atoms. The van der Waals surface area contributed by atoms with Crippen LogP contribution in [0.4, 0.5) is 11.4 Å². The molecule has 2 rings (SSSR count). The first-order valence-electron chi connectivity index (χ1n) is 25.2. The molecule has 0 radical (unpaired) electrons. The van der Waals surface area contributed by atoms with Crippen LogP contribution in [0.1, 0.15) is 250 Å². The molecular formula is C55H92N2Ni. The van der Waals surface area contributed by atoms with E-state index < -0.39 is 0 Å². The molecule has 0 heterocycles. The monoisotopic (exact) mass is 839 g/mol. The summed E-state index contributed by atoms with van der Waals surface area (Å²) in [7, 11) is 0. The Kier molecular flexibility index (Phi) is 37.7. The molecule has 2 aromatic carbocycles. The van der Waals surface area contributed by atoms with E-state index in [1.165, 1.54) is 203 Å². The third-order valence-electron chi connectivity index (χ3n) is 11.8. The summed E-state index contributed by atoms with van der Waals surface area (Å²) in [5.41, 5.74) is 7.55. The minimum Gasteiger partial charge on any atom is -0.255 e. The van der Waals surface area contributed by atoms with Crippen LogP contribution in [-0.2, 0) is 35.8 Å². The molecule has 0 aliphatic heterocycles. The van der Waals surface area contributed by atoms with Gasteiger partial charge >= 0.3 is 0 Å². The number of aliphatic imine (C=N–C) groups is 2. The van der Waals surface area contributed by atoms with Crippen LogP contribution in [0.25, 0.3) is 0 Å². The third-order valence-corrected chi connectivity index (χ3v) is 11.8. The molecule has 2 nitrogen and oxygen atoms in total. The zero-order valence-corrected chi connectivity index (χ0v) is 39.7. The fraction of sp³-hybridized carbons (Fsp3) is 0.709. The van der Waals surface area contributed by atoms with Crippen LogP contribution >= 0.6 is 0 Å². The van der Waals surface area contributed by atoms with Crippen LogP contribution in [0, 0.1) is 0 Å². The fourth-order valence-electron chi connectivity index (χ4n) is 8.11. The summed E-state index contributed by atoms with van der Waals surface area (Å²) in [5.74, 6) is 0. The quantitative estimate of drug-likeness (QED) is 0.0277. The van der Waals surface area contributed by atoms with Gasteiger partial charge in [-0.05, 0) is 99.1 Å². The normalized spacial score (nSPS) is 12.0. The van der Waals surface area contributed by atoms with Gasteiger partial charge in [0.25, 0.3) is 0 Å². The summed E-state index contributed by atoms with van der Waals surface area (Å²) >= 11 is 0. The summed E-state index contributed by atoms with van der Waals surface area (Å²) in [6, 6.07) is 15.9. The van der Waals surface area contributed by atoms with Crippen molar-refractivity contribution < 1.29 is 16.5 Å². The molecule has 0 saturated carbocycles. The van der Waals surface area contributed by atoms with Gasteiger partial charge in [0.2, 0.25) is 0 Å². The molecule has 0 aliphatic carbocycles. The van der Waals surface area contributed by atoms with Gasteiger partial charge in [-0.3, -0.25) is 9.98 Å². The van der Waals surface area contributed by atoms with E-state index in [1.807, 2.05) is 0 Å². The van der Waals surface area contributed by atoms with Crippen LogP contribution in [0.5, 0.6) is 0 Å². The predicted octanol–water partition coefficient (Wildman–Crippen LogP) is 18.9. The molecule has 58 heavy (non-hydrogen) atoms. The maximum absolute atomic E-state index is 5.27. The van der Waals surface area contributed by atoms with E-state index in [0.717, 1.165) is 55.6 Å². The number of nitrogens with zero attached hydrogens (tertiary/aromatic N) is 2. The van der Waals surface area contributed by atoms with Gasteiger partial charge in [-0.15, -0.1) is 0 Å². The van der Waals surface area contributed by atoms with E-state index in [4.69, 9.17) is 9.98 Å². The second-order valence-corrected chi connectivity index (χ2v) is 17.4. The van der Waals surface area contributed by atoms with Gasteiger partial charge in [0.1, 0.15) is 0 Å². The molecule has 0 N–H and O–H groups in total. The van der Waals surface area contributed by atoms with Crippen molar-refractivity contribution in [2.24, 2.45) is 9.98 Å². The first-order valence-corrected chi connectivity index (χ1v) is 25.2. The summed E-state index contributed by atoms with van der Waals surface area (Å²) in [6.45, 7) is 9.16. The molecule has 0 unspecified atom stereocenters. The number of allylic oxidation sites excluding steroid dienone is 2. The van der Waals surface area contributed by atoms with Gasteiger partial charge < -0.3 is 0 Å². The summed E-state index contributed by atoms with van der Waals surface area (Å²) < 4.78 is 0. The third kappa shape index (κ3) is 30.1. The zero-order chi connectivity index (χ0) is 40.7. The number of rotatable bonds is 39. The minimum atomic E-state index is 0. The molecule has 0 aliphatic rings. The second-order valence-electron chi connectivity index (χ2n) is 17.4. The van der Waals surface area contributed by atoms with Gasteiger partial charge in [-0.2, -0.15) is 0 Å². The molecular weight excluding hydrogens is 747 g/mol. The molecule has 0 saturated heterocycles. The van der Waals surface area contributed by atoms with Crippen LogP contribution < -0.4 is 0 Å². The first-order chi connectivity index (χ1) is 28.2. The Labute approximate surface area is 371 Å². The average molecular weight is 840 g/mol. The van der Waals surface area contributed by atoms with E-state index in [2.05, 4.69) is 88.5 Å². The number of unbranched alkanes of at least 4 members (excludes halogenated alkanes) is 26. The summed E-state index contributed by atoms with van der Waals surface area (Å²) in [4.78, 5) is 10.4. The van der Waals surface area contributed by atoms with E-state index in [0.29, 0.717) is 0 Å². The molecule has 332 valence electrons. The van der Waals surface area contributed by atoms with Gasteiger partial charge in [0, 0.05) is 22.7 Å². The van der Waals surface area contributed by atoms with E-state index >= 15 is 0 Å². The van der Waals surface area contributed by atoms with Gasteiger partial charge in [0.05, 0.1) is 17.1 Å². The SMILES string of the molecule is CCCCCCCCCCCCCCCCCCCCCC/C=C/CCc1ccccc1/N=C/C(CCCCC)=N/c1cc(CCCCC)cc(CCCCC)c1.[Ni]. The summed E-state index contributed by atoms with van der Waals surface area (Å²) in [5, 5.41) is 0. The largest absolute Gasteiger partial charge is 0.255 e. The standard InChI is InChI=1S/C55H92N2.Ni/c1-5-9-13-14-15-16-17-18-19-20-21-22-23-24-25-26-27-28-29-30-31-32-33-37-42-52-43-38-39-45-55(52)56-49-53(44-36-12-8-4)57-54-47-50(40-34-10-6-2)46-51(48-54)41-35-11-7-3;/h32-33,38-39,43,45-49H,5-31,34-37,40-42,44H2,1-4H3;/b33-32+,56-49+,57-53+;. The molecule has 0 fully saturated rings. The van der Waals surface area contributed by atoms with Crippen LogP contribution in [0.15, 0.2) is 64.6 Å². The minimum absolute atomic E-state index is 0. The number of aryl methyl sites for hydroxylation is 3. The Hall–Kier alpha value is -1.99. The maximum atomic E-state index is 5.27. The molecule has 0 amide bonds. The first kappa shape index (κ1) is 54.0. The predicted molar refractivity (Wildman–Crippen MR) is 259 cm³/mol. The maximum Gasteiger partial charge on any atom is 0.0662 e. The molecule has 0 aromatic heterocycles.